The number of hydrogen-bond donors (Lipinski definition) is 0. The SMILES string of the molecule is c1ccc2c(c1)ccc1c2oc2c(-c3ccc4ccc5cccc6ccc3c4c56)ccc(-c3ccc4c5ccccc5c5cccc6ccc3c4c65)c21. The van der Waals surface area contributed by atoms with Crippen molar-refractivity contribution in [2.24, 2.45) is 0 Å². The second kappa shape index (κ2) is 9.88. The van der Waals surface area contributed by atoms with Gasteiger partial charge in [-0.05, 0) is 110 Å². The Morgan fingerprint density at radius 2 is 0.660 bits per heavy atom. The van der Waals surface area contributed by atoms with Gasteiger partial charge in [0.15, 0.2) is 0 Å². The Hall–Kier alpha value is -6.96. The van der Waals surface area contributed by atoms with Crippen molar-refractivity contribution in [3.63, 3.8) is 0 Å². The lowest BCUT2D eigenvalue weighted by Gasteiger charge is -2.18. The van der Waals surface area contributed by atoms with Gasteiger partial charge < -0.3 is 4.42 Å². The highest BCUT2D eigenvalue weighted by Gasteiger charge is 2.23. The van der Waals surface area contributed by atoms with E-state index in [1.165, 1.54) is 97.5 Å². The summed E-state index contributed by atoms with van der Waals surface area (Å²) < 4.78 is 7.19. The maximum absolute atomic E-state index is 7.19. The molecule has 1 heteroatoms. The van der Waals surface area contributed by atoms with Crippen LogP contribution in [0.25, 0.3) is 130 Å². The molecular formula is C52H28O. The zero-order valence-corrected chi connectivity index (χ0v) is 28.6. The van der Waals surface area contributed by atoms with Crippen LogP contribution >= 0.6 is 0 Å². The minimum Gasteiger partial charge on any atom is -0.455 e. The van der Waals surface area contributed by atoms with Crippen LogP contribution in [0.5, 0.6) is 0 Å². The quantitative estimate of drug-likeness (QED) is 0.132. The van der Waals surface area contributed by atoms with Crippen molar-refractivity contribution in [3.8, 4) is 22.3 Å². The third-order valence-electron chi connectivity index (χ3n) is 12.1. The predicted molar refractivity (Wildman–Crippen MR) is 227 cm³/mol. The third kappa shape index (κ3) is 3.52. The summed E-state index contributed by atoms with van der Waals surface area (Å²) in [6.07, 6.45) is 0. The highest BCUT2D eigenvalue weighted by atomic mass is 16.3. The van der Waals surface area contributed by atoms with E-state index in [1.54, 1.807) is 0 Å². The largest absolute Gasteiger partial charge is 0.455 e. The highest BCUT2D eigenvalue weighted by molar-refractivity contribution is 6.36. The van der Waals surface area contributed by atoms with Gasteiger partial charge in [-0.3, -0.25) is 0 Å². The summed E-state index contributed by atoms with van der Waals surface area (Å²) in [5.41, 5.74) is 6.59. The first-order valence-electron chi connectivity index (χ1n) is 18.4. The maximum Gasteiger partial charge on any atom is 0.143 e. The molecule has 13 rings (SSSR count). The van der Waals surface area contributed by atoms with Crippen molar-refractivity contribution in [3.05, 3.63) is 170 Å². The first-order valence-corrected chi connectivity index (χ1v) is 18.4. The molecule has 1 nitrogen and oxygen atoms in total. The van der Waals surface area contributed by atoms with Gasteiger partial charge in [0.1, 0.15) is 11.2 Å². The lowest BCUT2D eigenvalue weighted by molar-refractivity contribution is 0.674. The number of rotatable bonds is 2. The molecule has 0 bridgehead atoms. The number of fused-ring (bicyclic) bond motifs is 8. The number of hydrogen-bond acceptors (Lipinski definition) is 1. The molecule has 53 heavy (non-hydrogen) atoms. The van der Waals surface area contributed by atoms with Crippen molar-refractivity contribution in [2.75, 3.05) is 0 Å². The van der Waals surface area contributed by atoms with Gasteiger partial charge in [0, 0.05) is 21.7 Å². The topological polar surface area (TPSA) is 13.1 Å². The monoisotopic (exact) mass is 668 g/mol. The summed E-state index contributed by atoms with van der Waals surface area (Å²) >= 11 is 0. The van der Waals surface area contributed by atoms with Gasteiger partial charge in [0.25, 0.3) is 0 Å². The summed E-state index contributed by atoms with van der Waals surface area (Å²) in [6.45, 7) is 0. The zero-order chi connectivity index (χ0) is 34.4. The van der Waals surface area contributed by atoms with Crippen LogP contribution in [-0.4, -0.2) is 0 Å². The predicted octanol–water partition coefficient (Wildman–Crippen LogP) is 15.0. The second-order valence-electron chi connectivity index (χ2n) is 14.7. The van der Waals surface area contributed by atoms with Crippen LogP contribution in [0.4, 0.5) is 0 Å². The first-order chi connectivity index (χ1) is 26.3. The Kier molecular flexibility index (Phi) is 5.17. The summed E-state index contributed by atoms with van der Waals surface area (Å²) in [6, 6.07) is 63.0. The Morgan fingerprint density at radius 3 is 1.47 bits per heavy atom. The molecular weight excluding hydrogens is 641 g/mol. The minimum absolute atomic E-state index is 0.931. The molecule has 0 unspecified atom stereocenters. The fraction of sp³-hybridized carbons (Fsp3) is 0. The molecule has 0 saturated heterocycles. The molecule has 0 N–H and O–H groups in total. The van der Waals surface area contributed by atoms with Crippen LogP contribution in [0.2, 0.25) is 0 Å². The normalized spacial score (nSPS) is 12.5. The summed E-state index contributed by atoms with van der Waals surface area (Å²) in [5, 5.41) is 22.7. The molecule has 0 radical (unpaired) electrons. The summed E-state index contributed by atoms with van der Waals surface area (Å²) in [7, 11) is 0. The van der Waals surface area contributed by atoms with E-state index in [0.29, 0.717) is 0 Å². The highest BCUT2D eigenvalue weighted by Crippen LogP contribution is 2.49. The molecule has 0 spiro atoms. The fourth-order valence-corrected chi connectivity index (χ4v) is 9.87. The van der Waals surface area contributed by atoms with E-state index in [4.69, 9.17) is 4.42 Å². The summed E-state index contributed by atoms with van der Waals surface area (Å²) in [5.74, 6) is 0. The van der Waals surface area contributed by atoms with Gasteiger partial charge in [-0.1, -0.05) is 158 Å². The zero-order valence-electron chi connectivity index (χ0n) is 28.6. The average molecular weight is 669 g/mol. The molecule has 1 aromatic heterocycles. The molecule has 0 aliphatic rings. The standard InChI is InChI=1S/C52H28O/c1-2-11-34-29(7-1)17-24-45-50-43(37-25-26-42-36-13-4-3-12-35(36)39-14-6-10-32-20-23-41(37)49(42)48(32)39)27-28-44(52(50)53-51(34)45)38-21-18-33-16-15-30-8-5-9-31-19-22-40(38)47(33)46(30)31/h1-28H. The molecule has 242 valence electrons. The summed E-state index contributed by atoms with van der Waals surface area (Å²) in [4.78, 5) is 0. The third-order valence-corrected chi connectivity index (χ3v) is 12.1. The second-order valence-corrected chi connectivity index (χ2v) is 14.7. The number of furan rings is 1. The molecule has 0 fully saturated rings. The van der Waals surface area contributed by atoms with Crippen LogP contribution in [0.3, 0.4) is 0 Å². The van der Waals surface area contributed by atoms with E-state index in [9.17, 15) is 0 Å². The van der Waals surface area contributed by atoms with Gasteiger partial charge in [0.05, 0.1) is 0 Å². The molecule has 0 amide bonds. The van der Waals surface area contributed by atoms with Crippen LogP contribution < -0.4 is 0 Å². The molecule has 12 aromatic carbocycles. The van der Waals surface area contributed by atoms with Crippen LogP contribution in [0, 0.1) is 0 Å². The van der Waals surface area contributed by atoms with Gasteiger partial charge >= 0.3 is 0 Å². The molecule has 1 heterocycles. The molecule has 0 aliphatic carbocycles. The van der Waals surface area contributed by atoms with Gasteiger partial charge in [-0.2, -0.15) is 0 Å². The van der Waals surface area contributed by atoms with Crippen LogP contribution in [0.15, 0.2) is 174 Å². The van der Waals surface area contributed by atoms with Crippen molar-refractivity contribution >= 4 is 108 Å². The van der Waals surface area contributed by atoms with Crippen LogP contribution in [-0.2, 0) is 0 Å². The van der Waals surface area contributed by atoms with Crippen molar-refractivity contribution < 1.29 is 4.42 Å². The first kappa shape index (κ1) is 27.7. The van der Waals surface area contributed by atoms with E-state index in [0.717, 1.165) is 32.9 Å². The smallest absolute Gasteiger partial charge is 0.143 e. The van der Waals surface area contributed by atoms with Crippen LogP contribution in [0.1, 0.15) is 0 Å². The van der Waals surface area contributed by atoms with E-state index in [-0.39, 0.29) is 0 Å². The van der Waals surface area contributed by atoms with E-state index in [2.05, 4.69) is 170 Å². The minimum atomic E-state index is 0.931. The molecule has 0 aliphatic heterocycles. The van der Waals surface area contributed by atoms with E-state index in [1.807, 2.05) is 0 Å². The molecule has 0 saturated carbocycles. The molecule has 13 aromatic rings. The fourth-order valence-electron chi connectivity index (χ4n) is 9.87. The Labute approximate surface area is 303 Å². The average Bonchev–Trinajstić information content (AvgIpc) is 3.62. The lowest BCUT2D eigenvalue weighted by Crippen LogP contribution is -1.91. The van der Waals surface area contributed by atoms with E-state index >= 15 is 0 Å². The van der Waals surface area contributed by atoms with Crippen molar-refractivity contribution in [1.29, 1.82) is 0 Å². The van der Waals surface area contributed by atoms with Gasteiger partial charge in [-0.25, -0.2) is 0 Å². The van der Waals surface area contributed by atoms with Gasteiger partial charge in [0.2, 0.25) is 0 Å². The van der Waals surface area contributed by atoms with Crippen molar-refractivity contribution in [1.82, 2.24) is 0 Å². The maximum atomic E-state index is 7.19. The molecule has 0 atom stereocenters. The van der Waals surface area contributed by atoms with Crippen molar-refractivity contribution in [2.45, 2.75) is 0 Å². The Bertz CT molecular complexity index is 3660. The van der Waals surface area contributed by atoms with E-state index < -0.39 is 0 Å². The lowest BCUT2D eigenvalue weighted by atomic mass is 9.85. The Balaban J connectivity index is 1.18. The number of benzene rings is 12. The Morgan fingerprint density at radius 1 is 0.208 bits per heavy atom. The van der Waals surface area contributed by atoms with Gasteiger partial charge in [-0.15, -0.1) is 0 Å².